The SMILES string of the molecule is CSC1(CNc2ccccc2S(=O)(=O)N(C)C)CCCC1. The molecule has 21 heavy (non-hydrogen) atoms. The summed E-state index contributed by atoms with van der Waals surface area (Å²) in [6.07, 6.45) is 7.07. The summed E-state index contributed by atoms with van der Waals surface area (Å²) in [4.78, 5) is 0.351. The molecule has 1 aromatic carbocycles. The Morgan fingerprint density at radius 3 is 2.43 bits per heavy atom. The van der Waals surface area contributed by atoms with Gasteiger partial charge in [0.15, 0.2) is 0 Å². The van der Waals surface area contributed by atoms with Crippen molar-refractivity contribution in [3.05, 3.63) is 24.3 Å². The standard InChI is InChI=1S/C15H24N2O2S2/c1-17(2)21(18,19)14-9-5-4-8-13(14)16-12-15(20-3)10-6-7-11-15/h4-5,8-9,16H,6-7,10-12H2,1-3H3. The Morgan fingerprint density at radius 2 is 1.86 bits per heavy atom. The van der Waals surface area contributed by atoms with Crippen molar-refractivity contribution in [1.29, 1.82) is 0 Å². The normalized spacial score (nSPS) is 18.1. The lowest BCUT2D eigenvalue weighted by Crippen LogP contribution is -2.31. The quantitative estimate of drug-likeness (QED) is 0.872. The second-order valence-corrected chi connectivity index (χ2v) is 9.13. The van der Waals surface area contributed by atoms with Crippen LogP contribution in [0.3, 0.4) is 0 Å². The molecular weight excluding hydrogens is 304 g/mol. The Labute approximate surface area is 132 Å². The van der Waals surface area contributed by atoms with Crippen molar-refractivity contribution in [2.45, 2.75) is 35.3 Å². The molecule has 4 nitrogen and oxygen atoms in total. The molecule has 1 fully saturated rings. The third-order valence-electron chi connectivity index (χ3n) is 4.19. The molecule has 1 N–H and O–H groups in total. The topological polar surface area (TPSA) is 49.4 Å². The van der Waals surface area contributed by atoms with E-state index in [4.69, 9.17) is 0 Å². The van der Waals surface area contributed by atoms with E-state index in [0.29, 0.717) is 10.6 Å². The van der Waals surface area contributed by atoms with Gasteiger partial charge >= 0.3 is 0 Å². The first-order chi connectivity index (χ1) is 9.91. The van der Waals surface area contributed by atoms with Crippen molar-refractivity contribution in [1.82, 2.24) is 4.31 Å². The van der Waals surface area contributed by atoms with Crippen LogP contribution in [0.5, 0.6) is 0 Å². The molecule has 0 radical (unpaired) electrons. The fraction of sp³-hybridized carbons (Fsp3) is 0.600. The highest BCUT2D eigenvalue weighted by Crippen LogP contribution is 2.40. The first-order valence-electron chi connectivity index (χ1n) is 7.22. The van der Waals surface area contributed by atoms with Crippen LogP contribution in [0.1, 0.15) is 25.7 Å². The Hall–Kier alpha value is -0.720. The van der Waals surface area contributed by atoms with E-state index in [9.17, 15) is 8.42 Å². The van der Waals surface area contributed by atoms with Crippen LogP contribution in [0.4, 0.5) is 5.69 Å². The van der Waals surface area contributed by atoms with Crippen molar-refractivity contribution in [3.8, 4) is 0 Å². The van der Waals surface area contributed by atoms with Gasteiger partial charge in [0.25, 0.3) is 0 Å². The van der Waals surface area contributed by atoms with E-state index in [-0.39, 0.29) is 4.75 Å². The molecule has 1 aromatic rings. The van der Waals surface area contributed by atoms with Crippen molar-refractivity contribution in [2.24, 2.45) is 0 Å². The summed E-state index contributed by atoms with van der Waals surface area (Å²) in [5.41, 5.74) is 0.700. The number of nitrogens with one attached hydrogen (secondary N) is 1. The largest absolute Gasteiger partial charge is 0.383 e. The predicted molar refractivity (Wildman–Crippen MR) is 90.5 cm³/mol. The number of thioether (sulfide) groups is 1. The van der Waals surface area contributed by atoms with Gasteiger partial charge in [0.1, 0.15) is 4.90 Å². The molecule has 0 aromatic heterocycles. The number of nitrogens with zero attached hydrogens (tertiary/aromatic N) is 1. The number of para-hydroxylation sites is 1. The van der Waals surface area contributed by atoms with Crippen molar-refractivity contribution < 1.29 is 8.42 Å². The van der Waals surface area contributed by atoms with Gasteiger partial charge in [-0.15, -0.1) is 0 Å². The van der Waals surface area contributed by atoms with Crippen LogP contribution in [0, 0.1) is 0 Å². The molecule has 0 atom stereocenters. The Morgan fingerprint density at radius 1 is 1.24 bits per heavy atom. The number of hydrogen-bond donors (Lipinski definition) is 1. The van der Waals surface area contributed by atoms with Gasteiger partial charge in [-0.1, -0.05) is 25.0 Å². The van der Waals surface area contributed by atoms with Crippen molar-refractivity contribution in [2.75, 3.05) is 32.2 Å². The third-order valence-corrected chi connectivity index (χ3v) is 7.49. The highest BCUT2D eigenvalue weighted by molar-refractivity contribution is 8.00. The van der Waals surface area contributed by atoms with E-state index in [2.05, 4.69) is 11.6 Å². The molecule has 1 aliphatic rings. The summed E-state index contributed by atoms with van der Waals surface area (Å²) in [5, 5.41) is 3.38. The molecule has 0 saturated heterocycles. The fourth-order valence-electron chi connectivity index (χ4n) is 2.76. The van der Waals surface area contributed by atoms with E-state index in [1.165, 1.54) is 30.0 Å². The van der Waals surface area contributed by atoms with Crippen LogP contribution >= 0.6 is 11.8 Å². The number of hydrogen-bond acceptors (Lipinski definition) is 4. The molecule has 1 saturated carbocycles. The van der Waals surface area contributed by atoms with E-state index in [1.54, 1.807) is 26.2 Å². The summed E-state index contributed by atoms with van der Waals surface area (Å²) in [6.45, 7) is 0.814. The zero-order valence-electron chi connectivity index (χ0n) is 12.9. The van der Waals surface area contributed by atoms with Gasteiger partial charge in [0.2, 0.25) is 10.0 Å². The molecule has 0 heterocycles. The molecule has 0 unspecified atom stereocenters. The second kappa shape index (κ2) is 6.58. The molecule has 6 heteroatoms. The zero-order chi connectivity index (χ0) is 15.5. The maximum Gasteiger partial charge on any atom is 0.244 e. The first-order valence-corrected chi connectivity index (χ1v) is 9.88. The number of rotatable bonds is 6. The first kappa shape index (κ1) is 16.6. The average molecular weight is 329 g/mol. The summed E-state index contributed by atoms with van der Waals surface area (Å²) in [6, 6.07) is 7.15. The lowest BCUT2D eigenvalue weighted by Gasteiger charge is -2.28. The minimum Gasteiger partial charge on any atom is -0.383 e. The number of benzene rings is 1. The van der Waals surface area contributed by atoms with Crippen LogP contribution in [-0.4, -0.2) is 44.4 Å². The summed E-state index contributed by atoms with van der Waals surface area (Å²) >= 11 is 1.90. The Balaban J connectivity index is 2.22. The lowest BCUT2D eigenvalue weighted by molar-refractivity contribution is 0.521. The van der Waals surface area contributed by atoms with Gasteiger partial charge in [-0.05, 0) is 31.2 Å². The van der Waals surface area contributed by atoms with Crippen LogP contribution in [0.15, 0.2) is 29.2 Å². The van der Waals surface area contributed by atoms with E-state index in [0.717, 1.165) is 6.54 Å². The van der Waals surface area contributed by atoms with Gasteiger partial charge in [-0.3, -0.25) is 0 Å². The molecule has 118 valence electrons. The van der Waals surface area contributed by atoms with E-state index in [1.807, 2.05) is 23.9 Å². The maximum absolute atomic E-state index is 12.4. The highest BCUT2D eigenvalue weighted by Gasteiger charge is 2.33. The molecule has 0 spiro atoms. The van der Waals surface area contributed by atoms with Crippen molar-refractivity contribution >= 4 is 27.5 Å². The van der Waals surface area contributed by atoms with Crippen LogP contribution in [0.2, 0.25) is 0 Å². The molecule has 0 amide bonds. The Kier molecular flexibility index (Phi) is 5.22. The predicted octanol–water partition coefficient (Wildman–Crippen LogP) is 3.02. The van der Waals surface area contributed by atoms with Gasteiger partial charge in [-0.2, -0.15) is 11.8 Å². The second-order valence-electron chi connectivity index (χ2n) is 5.73. The minimum absolute atomic E-state index is 0.245. The Bertz CT molecular complexity index is 579. The summed E-state index contributed by atoms with van der Waals surface area (Å²) < 4.78 is 26.3. The van der Waals surface area contributed by atoms with Crippen LogP contribution in [-0.2, 0) is 10.0 Å². The molecule has 0 bridgehead atoms. The lowest BCUT2D eigenvalue weighted by atomic mass is 10.1. The third kappa shape index (κ3) is 3.55. The molecule has 1 aliphatic carbocycles. The maximum atomic E-state index is 12.4. The van der Waals surface area contributed by atoms with E-state index >= 15 is 0 Å². The van der Waals surface area contributed by atoms with E-state index < -0.39 is 10.0 Å². The number of anilines is 1. The number of sulfonamides is 1. The smallest absolute Gasteiger partial charge is 0.244 e. The van der Waals surface area contributed by atoms with Gasteiger partial charge in [0, 0.05) is 25.4 Å². The van der Waals surface area contributed by atoms with Crippen LogP contribution in [0.25, 0.3) is 0 Å². The summed E-state index contributed by atoms with van der Waals surface area (Å²) in [5.74, 6) is 0. The zero-order valence-corrected chi connectivity index (χ0v) is 14.6. The highest BCUT2D eigenvalue weighted by atomic mass is 32.2. The molecule has 2 rings (SSSR count). The van der Waals surface area contributed by atoms with Gasteiger partial charge in [0.05, 0.1) is 5.69 Å². The van der Waals surface area contributed by atoms with Gasteiger partial charge < -0.3 is 5.32 Å². The molecular formula is C15H24N2O2S2. The van der Waals surface area contributed by atoms with Crippen LogP contribution < -0.4 is 5.32 Å². The monoisotopic (exact) mass is 328 g/mol. The minimum atomic E-state index is -3.42. The summed E-state index contributed by atoms with van der Waals surface area (Å²) in [7, 11) is -0.292. The fourth-order valence-corrected chi connectivity index (χ4v) is 4.74. The average Bonchev–Trinajstić information content (AvgIpc) is 2.95. The van der Waals surface area contributed by atoms with Crippen molar-refractivity contribution in [3.63, 3.8) is 0 Å². The van der Waals surface area contributed by atoms with Gasteiger partial charge in [-0.25, -0.2) is 12.7 Å². The molecule has 0 aliphatic heterocycles.